The molecule has 0 spiro atoms. The first-order valence-corrected chi connectivity index (χ1v) is 10.5. The molecule has 4 aromatic rings. The summed E-state index contributed by atoms with van der Waals surface area (Å²) in [7, 11) is 0. The van der Waals surface area contributed by atoms with E-state index in [4.69, 9.17) is 11.6 Å². The molecular formula is C19H12Br2ClF2N5. The Morgan fingerprint density at radius 3 is 2.00 bits per heavy atom. The van der Waals surface area contributed by atoms with Gasteiger partial charge in [-0.05, 0) is 56.8 Å². The number of rotatable bonds is 2. The molecule has 0 radical (unpaired) electrons. The summed E-state index contributed by atoms with van der Waals surface area (Å²) >= 11 is 12.0. The van der Waals surface area contributed by atoms with Gasteiger partial charge in [0.1, 0.15) is 35.3 Å². The third kappa shape index (κ3) is 4.62. The van der Waals surface area contributed by atoms with Crippen molar-refractivity contribution in [3.8, 4) is 0 Å². The van der Waals surface area contributed by atoms with E-state index in [9.17, 15) is 8.78 Å². The molecule has 0 saturated heterocycles. The highest BCUT2D eigenvalue weighted by Crippen LogP contribution is 2.30. The number of hydrogen-bond acceptors (Lipinski definition) is 5. The molecule has 5 rings (SSSR count). The molecule has 10 heteroatoms. The van der Waals surface area contributed by atoms with Crippen LogP contribution in [0.3, 0.4) is 0 Å². The van der Waals surface area contributed by atoms with E-state index in [1.165, 1.54) is 37.6 Å². The Morgan fingerprint density at radius 2 is 1.38 bits per heavy atom. The third-order valence-corrected chi connectivity index (χ3v) is 5.74. The minimum absolute atomic E-state index is 0.302. The van der Waals surface area contributed by atoms with Crippen LogP contribution < -0.4 is 5.32 Å². The second-order valence-electron chi connectivity index (χ2n) is 6.37. The van der Waals surface area contributed by atoms with Gasteiger partial charge in [0.2, 0.25) is 0 Å². The maximum absolute atomic E-state index is 13.3. The molecule has 148 valence electrons. The van der Waals surface area contributed by atoms with E-state index < -0.39 is 0 Å². The molecule has 1 aliphatic rings. The Kier molecular flexibility index (Phi) is 5.89. The van der Waals surface area contributed by atoms with Crippen molar-refractivity contribution in [2.75, 3.05) is 5.32 Å². The van der Waals surface area contributed by atoms with Crippen molar-refractivity contribution in [1.82, 2.24) is 19.9 Å². The number of nitrogens with one attached hydrogen (secondary N) is 1. The molecule has 1 N–H and O–H groups in total. The van der Waals surface area contributed by atoms with E-state index in [2.05, 4.69) is 57.1 Å². The quantitative estimate of drug-likeness (QED) is 0.301. The normalized spacial score (nSPS) is 13.3. The molecule has 1 fully saturated rings. The maximum atomic E-state index is 13.3. The van der Waals surface area contributed by atoms with E-state index >= 15 is 0 Å². The molecule has 2 aromatic heterocycles. The monoisotopic (exact) mass is 541 g/mol. The summed E-state index contributed by atoms with van der Waals surface area (Å²) in [6.07, 6.45) is 5.11. The van der Waals surface area contributed by atoms with Gasteiger partial charge >= 0.3 is 0 Å². The number of nitrogens with zero attached hydrogens (tertiary/aromatic N) is 4. The van der Waals surface area contributed by atoms with Gasteiger partial charge in [-0.15, -0.1) is 0 Å². The van der Waals surface area contributed by atoms with Crippen molar-refractivity contribution in [2.24, 2.45) is 0 Å². The van der Waals surface area contributed by atoms with Crippen molar-refractivity contribution in [3.05, 3.63) is 62.7 Å². The van der Waals surface area contributed by atoms with Gasteiger partial charge in [0.15, 0.2) is 0 Å². The fourth-order valence-electron chi connectivity index (χ4n) is 2.61. The summed E-state index contributed by atoms with van der Waals surface area (Å²) in [5.74, 6) is 0.124. The zero-order valence-corrected chi connectivity index (χ0v) is 18.6. The average molecular weight is 544 g/mol. The van der Waals surface area contributed by atoms with Crippen LogP contribution in [0.2, 0.25) is 5.15 Å². The van der Waals surface area contributed by atoms with Gasteiger partial charge in [0.25, 0.3) is 0 Å². The maximum Gasteiger partial charge on any atom is 0.140 e. The summed E-state index contributed by atoms with van der Waals surface area (Å²) in [5, 5.41) is 5.12. The first kappa shape index (κ1) is 20.3. The molecule has 0 atom stereocenters. The van der Waals surface area contributed by atoms with Crippen molar-refractivity contribution < 1.29 is 8.78 Å². The van der Waals surface area contributed by atoms with Gasteiger partial charge < -0.3 is 5.32 Å². The average Bonchev–Trinajstić information content (AvgIpc) is 3.50. The molecule has 0 amide bonds. The largest absolute Gasteiger partial charge is 0.367 e. The van der Waals surface area contributed by atoms with Crippen molar-refractivity contribution in [2.45, 2.75) is 18.9 Å². The summed E-state index contributed by atoms with van der Waals surface area (Å²) in [4.78, 5) is 15.9. The predicted molar refractivity (Wildman–Crippen MR) is 116 cm³/mol. The molecular weight excluding hydrogens is 532 g/mol. The molecule has 1 aliphatic carbocycles. The molecule has 0 aliphatic heterocycles. The Hall–Kier alpha value is -1.97. The lowest BCUT2D eigenvalue weighted by atomic mass is 10.2. The van der Waals surface area contributed by atoms with E-state index in [-0.39, 0.29) is 11.6 Å². The van der Waals surface area contributed by atoms with Crippen LogP contribution >= 0.6 is 43.5 Å². The Bertz CT molecular complexity index is 1220. The van der Waals surface area contributed by atoms with Gasteiger partial charge in [0.05, 0.1) is 20.0 Å². The lowest BCUT2D eigenvalue weighted by molar-refractivity contribution is 0.622. The second-order valence-corrected chi connectivity index (χ2v) is 8.44. The van der Waals surface area contributed by atoms with Crippen molar-refractivity contribution >= 4 is 71.1 Å². The number of hydrogen-bond donors (Lipinski definition) is 1. The minimum atomic E-state index is -0.359. The third-order valence-electron chi connectivity index (χ3n) is 4.22. The Morgan fingerprint density at radius 1 is 0.828 bits per heavy atom. The Labute approximate surface area is 186 Å². The van der Waals surface area contributed by atoms with Crippen LogP contribution in [-0.2, 0) is 0 Å². The number of fused-ring (bicyclic) bond motifs is 2. The summed E-state index contributed by atoms with van der Waals surface area (Å²) in [6.45, 7) is 0. The van der Waals surface area contributed by atoms with Crippen LogP contribution in [0.15, 0.2) is 45.9 Å². The highest BCUT2D eigenvalue weighted by Gasteiger charge is 2.22. The predicted octanol–water partition coefficient (Wildman–Crippen LogP) is 6.29. The molecule has 5 nitrogen and oxygen atoms in total. The molecule has 0 unspecified atom stereocenters. The fourth-order valence-corrected chi connectivity index (χ4v) is 3.49. The molecule has 1 saturated carbocycles. The zero-order chi connectivity index (χ0) is 20.5. The number of aromatic nitrogens is 4. The first-order valence-electron chi connectivity index (χ1n) is 8.54. The van der Waals surface area contributed by atoms with Crippen LogP contribution in [0.4, 0.5) is 14.6 Å². The number of benzene rings is 2. The molecule has 0 bridgehead atoms. The van der Waals surface area contributed by atoms with E-state index in [0.29, 0.717) is 36.6 Å². The number of anilines is 1. The standard InChI is InChI=1S/C11H9BrFN3.C8H3BrClFN2/c12-8-3-7-10(4-9(8)13)14-5-15-11(7)16-6-1-2-6;9-5-1-4-7(2-6(5)11)12-3-13-8(4)10/h3-6H,1-2H2,(H,14,15,16);1-3H. The highest BCUT2D eigenvalue weighted by molar-refractivity contribution is 9.10. The molecule has 2 aromatic carbocycles. The van der Waals surface area contributed by atoms with Gasteiger partial charge in [-0.1, -0.05) is 11.6 Å². The van der Waals surface area contributed by atoms with Crippen LogP contribution in [0.5, 0.6) is 0 Å². The summed E-state index contributed by atoms with van der Waals surface area (Å²) in [5.41, 5.74) is 1.12. The van der Waals surface area contributed by atoms with Crippen molar-refractivity contribution in [3.63, 3.8) is 0 Å². The second kappa shape index (κ2) is 8.41. The van der Waals surface area contributed by atoms with E-state index in [1.54, 1.807) is 12.1 Å². The van der Waals surface area contributed by atoms with Crippen LogP contribution in [0.25, 0.3) is 21.8 Å². The number of halogens is 5. The Balaban J connectivity index is 0.000000145. The lowest BCUT2D eigenvalue weighted by Crippen LogP contribution is -2.04. The van der Waals surface area contributed by atoms with Gasteiger partial charge in [-0.2, -0.15) is 0 Å². The van der Waals surface area contributed by atoms with Gasteiger partial charge in [-0.3, -0.25) is 0 Å². The SMILES string of the molecule is Fc1cc2ncnc(Cl)c2cc1Br.Fc1cc2ncnc(NC3CC3)c2cc1Br. The van der Waals surface area contributed by atoms with Crippen LogP contribution in [-0.4, -0.2) is 26.0 Å². The van der Waals surface area contributed by atoms with E-state index in [1.807, 2.05) is 0 Å². The topological polar surface area (TPSA) is 63.6 Å². The smallest absolute Gasteiger partial charge is 0.140 e. The fraction of sp³-hybridized carbons (Fsp3) is 0.158. The van der Waals surface area contributed by atoms with Gasteiger partial charge in [0, 0.05) is 28.9 Å². The highest BCUT2D eigenvalue weighted by atomic mass is 79.9. The first-order chi connectivity index (χ1) is 13.9. The van der Waals surface area contributed by atoms with Crippen molar-refractivity contribution in [1.29, 1.82) is 0 Å². The molecule has 2 heterocycles. The van der Waals surface area contributed by atoms with Gasteiger partial charge in [-0.25, -0.2) is 28.7 Å². The van der Waals surface area contributed by atoms with Crippen LogP contribution in [0.1, 0.15) is 12.8 Å². The summed E-state index contributed by atoms with van der Waals surface area (Å²) in [6, 6.07) is 6.52. The van der Waals surface area contributed by atoms with Crippen LogP contribution in [0, 0.1) is 11.6 Å². The minimum Gasteiger partial charge on any atom is -0.367 e. The lowest BCUT2D eigenvalue weighted by Gasteiger charge is -2.07. The zero-order valence-electron chi connectivity index (χ0n) is 14.6. The summed E-state index contributed by atoms with van der Waals surface area (Å²) < 4.78 is 27.2. The van der Waals surface area contributed by atoms with E-state index in [0.717, 1.165) is 11.2 Å². The molecule has 29 heavy (non-hydrogen) atoms.